The van der Waals surface area contributed by atoms with Gasteiger partial charge in [0, 0.05) is 35.9 Å². The Morgan fingerprint density at radius 3 is 2.11 bits per heavy atom. The highest BCUT2D eigenvalue weighted by Gasteiger charge is 2.28. The van der Waals surface area contributed by atoms with E-state index >= 15 is 0 Å². The summed E-state index contributed by atoms with van der Waals surface area (Å²) >= 11 is 0. The summed E-state index contributed by atoms with van der Waals surface area (Å²) in [6.07, 6.45) is 4.52. The molecule has 0 bridgehead atoms. The third-order valence-electron chi connectivity index (χ3n) is 4.54. The molecule has 0 atom stereocenters. The average Bonchev–Trinajstić information content (AvgIpc) is 3.32. The first-order valence-corrected chi connectivity index (χ1v) is 10.3. The first-order valence-electron chi connectivity index (χ1n) is 8.68. The van der Waals surface area contributed by atoms with Gasteiger partial charge in [0.25, 0.3) is 5.91 Å². The average molecular weight is 381 g/mol. The van der Waals surface area contributed by atoms with Crippen molar-refractivity contribution in [3.63, 3.8) is 0 Å². The second-order valence-electron chi connectivity index (χ2n) is 6.38. The van der Waals surface area contributed by atoms with Crippen molar-refractivity contribution < 1.29 is 13.2 Å². The van der Waals surface area contributed by atoms with Crippen molar-refractivity contribution in [3.05, 3.63) is 78.6 Å². The van der Waals surface area contributed by atoms with Crippen molar-refractivity contribution in [3.8, 4) is 5.69 Å². The molecule has 2 heterocycles. The Balaban J connectivity index is 1.45. The third kappa shape index (κ3) is 3.59. The van der Waals surface area contributed by atoms with Crippen LogP contribution >= 0.6 is 0 Å². The zero-order chi connectivity index (χ0) is 18.9. The van der Waals surface area contributed by atoms with Crippen molar-refractivity contribution in [1.82, 2.24) is 4.57 Å². The summed E-state index contributed by atoms with van der Waals surface area (Å²) in [7, 11) is -3.20. The quantitative estimate of drug-likeness (QED) is 0.754. The number of amides is 1. The number of sulfonamides is 1. The molecule has 1 aromatic heterocycles. The normalized spacial score (nSPS) is 15.6. The highest BCUT2D eigenvalue weighted by Crippen LogP contribution is 2.25. The fourth-order valence-corrected chi connectivity index (χ4v) is 4.70. The molecule has 1 saturated heterocycles. The summed E-state index contributed by atoms with van der Waals surface area (Å²) in [5.74, 6) is -0.0274. The van der Waals surface area contributed by atoms with E-state index in [1.165, 1.54) is 4.31 Å². The van der Waals surface area contributed by atoms with E-state index in [-0.39, 0.29) is 11.7 Å². The number of hydrogen-bond donors (Lipinski definition) is 1. The van der Waals surface area contributed by atoms with Crippen LogP contribution in [-0.2, 0) is 10.0 Å². The molecule has 0 unspecified atom stereocenters. The van der Waals surface area contributed by atoms with Crippen LogP contribution in [0.4, 0.5) is 11.4 Å². The molecule has 1 fully saturated rings. The van der Waals surface area contributed by atoms with Gasteiger partial charge in [-0.15, -0.1) is 0 Å². The fourth-order valence-electron chi connectivity index (χ4n) is 3.14. The Morgan fingerprint density at radius 2 is 1.52 bits per heavy atom. The van der Waals surface area contributed by atoms with Crippen LogP contribution in [0.5, 0.6) is 0 Å². The van der Waals surface area contributed by atoms with Crippen molar-refractivity contribution in [2.24, 2.45) is 0 Å². The summed E-state index contributed by atoms with van der Waals surface area (Å²) in [6, 6.07) is 18.1. The Labute approximate surface area is 158 Å². The molecule has 3 aromatic rings. The molecule has 6 nitrogen and oxygen atoms in total. The van der Waals surface area contributed by atoms with E-state index in [1.807, 2.05) is 41.2 Å². The lowest BCUT2D eigenvalue weighted by Gasteiger charge is -2.17. The largest absolute Gasteiger partial charge is 0.324 e. The Kier molecular flexibility index (Phi) is 4.45. The number of nitrogens with one attached hydrogen (secondary N) is 1. The Bertz CT molecular complexity index is 1040. The third-order valence-corrected chi connectivity index (χ3v) is 6.41. The van der Waals surface area contributed by atoms with Crippen molar-refractivity contribution >= 4 is 27.3 Å². The summed E-state index contributed by atoms with van der Waals surface area (Å²) < 4.78 is 27.3. The number of aromatic nitrogens is 1. The molecule has 138 valence electrons. The van der Waals surface area contributed by atoms with Crippen molar-refractivity contribution in [2.75, 3.05) is 21.9 Å². The smallest absolute Gasteiger partial charge is 0.255 e. The monoisotopic (exact) mass is 381 g/mol. The van der Waals surface area contributed by atoms with Gasteiger partial charge in [-0.3, -0.25) is 9.10 Å². The summed E-state index contributed by atoms with van der Waals surface area (Å²) in [5.41, 5.74) is 2.78. The second-order valence-corrected chi connectivity index (χ2v) is 8.39. The van der Waals surface area contributed by atoms with E-state index in [0.29, 0.717) is 29.9 Å². The van der Waals surface area contributed by atoms with Crippen molar-refractivity contribution in [2.45, 2.75) is 6.42 Å². The minimum Gasteiger partial charge on any atom is -0.324 e. The van der Waals surface area contributed by atoms with E-state index in [4.69, 9.17) is 0 Å². The molecule has 1 amide bonds. The van der Waals surface area contributed by atoms with Crippen LogP contribution in [0.15, 0.2) is 73.1 Å². The maximum absolute atomic E-state index is 12.4. The number of nitrogens with zero attached hydrogens (tertiary/aromatic N) is 2. The molecule has 7 heteroatoms. The van der Waals surface area contributed by atoms with E-state index in [0.717, 1.165) is 5.69 Å². The highest BCUT2D eigenvalue weighted by molar-refractivity contribution is 7.93. The fraction of sp³-hybridized carbons (Fsp3) is 0.150. The zero-order valence-corrected chi connectivity index (χ0v) is 15.4. The molecule has 27 heavy (non-hydrogen) atoms. The van der Waals surface area contributed by atoms with Crippen LogP contribution in [0.3, 0.4) is 0 Å². The standard InChI is InChI=1S/C20H19N3O3S/c24-20(16-4-8-18(9-5-16)22-12-1-2-13-22)21-17-6-10-19(11-7-17)23-14-3-15-27(23,25)26/h1-2,4-13H,3,14-15H2,(H,21,24). The van der Waals surface area contributed by atoms with E-state index in [1.54, 1.807) is 36.4 Å². The van der Waals surface area contributed by atoms with Gasteiger partial charge in [-0.05, 0) is 67.1 Å². The van der Waals surface area contributed by atoms with Gasteiger partial charge in [0.2, 0.25) is 10.0 Å². The number of rotatable bonds is 4. The first kappa shape index (κ1) is 17.4. The molecule has 1 aliphatic rings. The predicted molar refractivity (Wildman–Crippen MR) is 106 cm³/mol. The van der Waals surface area contributed by atoms with E-state index < -0.39 is 10.0 Å². The van der Waals surface area contributed by atoms with Gasteiger partial charge in [0.1, 0.15) is 0 Å². The lowest BCUT2D eigenvalue weighted by atomic mass is 10.2. The molecule has 0 spiro atoms. The summed E-state index contributed by atoms with van der Waals surface area (Å²) in [4.78, 5) is 12.4. The lowest BCUT2D eigenvalue weighted by Crippen LogP contribution is -2.24. The van der Waals surface area contributed by atoms with Gasteiger partial charge >= 0.3 is 0 Å². The van der Waals surface area contributed by atoms with Crippen LogP contribution in [0.2, 0.25) is 0 Å². The number of hydrogen-bond acceptors (Lipinski definition) is 3. The summed E-state index contributed by atoms with van der Waals surface area (Å²) in [6.45, 7) is 0.502. The van der Waals surface area contributed by atoms with Crippen LogP contribution in [0.25, 0.3) is 5.69 Å². The number of benzene rings is 2. The Morgan fingerprint density at radius 1 is 0.889 bits per heavy atom. The molecule has 0 radical (unpaired) electrons. The second kappa shape index (κ2) is 6.92. The maximum atomic E-state index is 12.4. The predicted octanol–water partition coefficient (Wildman–Crippen LogP) is 3.27. The molecule has 0 saturated carbocycles. The topological polar surface area (TPSA) is 71.4 Å². The summed E-state index contributed by atoms with van der Waals surface area (Å²) in [5, 5.41) is 2.84. The SMILES string of the molecule is O=C(Nc1ccc(N2CCCS2(=O)=O)cc1)c1ccc(-n2cccc2)cc1. The Hall–Kier alpha value is -3.06. The van der Waals surface area contributed by atoms with Gasteiger partial charge in [0.05, 0.1) is 11.4 Å². The van der Waals surface area contributed by atoms with Crippen LogP contribution in [0.1, 0.15) is 16.8 Å². The first-order chi connectivity index (χ1) is 13.0. The van der Waals surface area contributed by atoms with Gasteiger partial charge < -0.3 is 9.88 Å². The van der Waals surface area contributed by atoms with Crippen LogP contribution in [0, 0.1) is 0 Å². The maximum Gasteiger partial charge on any atom is 0.255 e. The molecule has 2 aromatic carbocycles. The minimum atomic E-state index is -3.20. The molecule has 0 aliphatic carbocycles. The van der Waals surface area contributed by atoms with E-state index in [2.05, 4.69) is 5.32 Å². The van der Waals surface area contributed by atoms with Gasteiger partial charge in [0.15, 0.2) is 0 Å². The molecular formula is C20H19N3O3S. The van der Waals surface area contributed by atoms with Crippen LogP contribution < -0.4 is 9.62 Å². The number of carbonyl (C=O) groups is 1. The minimum absolute atomic E-state index is 0.185. The number of anilines is 2. The highest BCUT2D eigenvalue weighted by atomic mass is 32.2. The van der Waals surface area contributed by atoms with Crippen molar-refractivity contribution in [1.29, 1.82) is 0 Å². The molecular weight excluding hydrogens is 362 g/mol. The van der Waals surface area contributed by atoms with Gasteiger partial charge in [-0.2, -0.15) is 0 Å². The van der Waals surface area contributed by atoms with Gasteiger partial charge in [-0.1, -0.05) is 0 Å². The zero-order valence-electron chi connectivity index (χ0n) is 14.6. The molecule has 1 N–H and O–H groups in total. The number of carbonyl (C=O) groups excluding carboxylic acids is 1. The lowest BCUT2D eigenvalue weighted by molar-refractivity contribution is 0.102. The molecule has 1 aliphatic heterocycles. The van der Waals surface area contributed by atoms with E-state index in [9.17, 15) is 13.2 Å². The van der Waals surface area contributed by atoms with Gasteiger partial charge in [-0.25, -0.2) is 8.42 Å². The van der Waals surface area contributed by atoms with Crippen LogP contribution in [-0.4, -0.2) is 31.2 Å². The molecule has 4 rings (SSSR count).